The van der Waals surface area contributed by atoms with Crippen molar-refractivity contribution < 1.29 is 19.0 Å². The molecule has 2 rings (SSSR count). The first kappa shape index (κ1) is 16.0. The topological polar surface area (TPSA) is 46.5 Å². The number of ether oxygens (including phenoxy) is 1. The molecule has 0 aliphatic carbocycles. The van der Waals surface area contributed by atoms with Gasteiger partial charge in [-0.1, -0.05) is 29.8 Å². The van der Waals surface area contributed by atoms with Crippen LogP contribution in [0.1, 0.15) is 29.9 Å². The Morgan fingerprint density at radius 1 is 1.23 bits per heavy atom. The van der Waals surface area contributed by atoms with Crippen LogP contribution in [0.3, 0.4) is 0 Å². The van der Waals surface area contributed by atoms with E-state index in [4.69, 9.17) is 4.74 Å². The van der Waals surface area contributed by atoms with Crippen LogP contribution in [0, 0.1) is 12.7 Å². The summed E-state index contributed by atoms with van der Waals surface area (Å²) in [7, 11) is 0. The molecule has 1 N–H and O–H groups in total. The normalized spacial score (nSPS) is 11.9. The van der Waals surface area contributed by atoms with Gasteiger partial charge in [0.2, 0.25) is 0 Å². The molecule has 0 radical (unpaired) electrons. The van der Waals surface area contributed by atoms with Gasteiger partial charge < -0.3 is 9.84 Å². The van der Waals surface area contributed by atoms with Gasteiger partial charge in [-0.25, -0.2) is 4.39 Å². The van der Waals surface area contributed by atoms with Crippen molar-refractivity contribution in [2.75, 3.05) is 6.61 Å². The largest absolute Gasteiger partial charge is 0.494 e. The number of carboxylic acids is 1. The van der Waals surface area contributed by atoms with E-state index in [1.807, 2.05) is 31.2 Å². The predicted molar refractivity (Wildman–Crippen MR) is 82.7 cm³/mol. The van der Waals surface area contributed by atoms with Crippen LogP contribution in [0.4, 0.5) is 4.39 Å². The van der Waals surface area contributed by atoms with Crippen molar-refractivity contribution in [1.82, 2.24) is 0 Å². The molecule has 4 heteroatoms. The molecule has 2 aromatic rings. The van der Waals surface area contributed by atoms with Gasteiger partial charge in [-0.15, -0.1) is 0 Å². The minimum Gasteiger partial charge on any atom is -0.494 e. The molecule has 1 unspecified atom stereocenters. The van der Waals surface area contributed by atoms with Crippen molar-refractivity contribution in [3.63, 3.8) is 0 Å². The minimum atomic E-state index is -0.944. The second kappa shape index (κ2) is 7.59. The average Bonchev–Trinajstić information content (AvgIpc) is 2.48. The van der Waals surface area contributed by atoms with Crippen LogP contribution in [-0.2, 0) is 4.79 Å². The van der Waals surface area contributed by atoms with Crippen LogP contribution < -0.4 is 4.74 Å². The number of carbonyl (C=O) groups is 1. The van der Waals surface area contributed by atoms with E-state index in [0.717, 1.165) is 11.3 Å². The van der Waals surface area contributed by atoms with Gasteiger partial charge in [-0.05, 0) is 49.6 Å². The van der Waals surface area contributed by atoms with Crippen LogP contribution in [-0.4, -0.2) is 17.7 Å². The first-order chi connectivity index (χ1) is 10.6. The minimum absolute atomic E-state index is 0.407. The summed E-state index contributed by atoms with van der Waals surface area (Å²) in [5.74, 6) is -1.30. The lowest BCUT2D eigenvalue weighted by Crippen LogP contribution is -2.13. The fraction of sp³-hybridized carbons (Fsp3) is 0.278. The Balaban J connectivity index is 1.87. The highest BCUT2D eigenvalue weighted by atomic mass is 19.1. The Morgan fingerprint density at radius 2 is 1.95 bits per heavy atom. The summed E-state index contributed by atoms with van der Waals surface area (Å²) in [5.41, 5.74) is 1.65. The highest BCUT2D eigenvalue weighted by Crippen LogP contribution is 2.23. The lowest BCUT2D eigenvalue weighted by Gasteiger charge is -2.13. The number of rotatable bonds is 7. The molecule has 0 saturated heterocycles. The monoisotopic (exact) mass is 302 g/mol. The Morgan fingerprint density at radius 3 is 2.59 bits per heavy atom. The Labute approximate surface area is 129 Å². The first-order valence-corrected chi connectivity index (χ1v) is 7.24. The summed E-state index contributed by atoms with van der Waals surface area (Å²) < 4.78 is 18.8. The third-order valence-electron chi connectivity index (χ3n) is 3.48. The Hall–Kier alpha value is -2.36. The van der Waals surface area contributed by atoms with Crippen molar-refractivity contribution in [3.05, 3.63) is 65.5 Å². The maximum absolute atomic E-state index is 13.2. The number of hydrogen-bond acceptors (Lipinski definition) is 2. The third kappa shape index (κ3) is 4.58. The van der Waals surface area contributed by atoms with E-state index in [1.54, 1.807) is 6.07 Å². The van der Waals surface area contributed by atoms with Crippen LogP contribution in [0.5, 0.6) is 5.75 Å². The summed E-state index contributed by atoms with van der Waals surface area (Å²) in [6.45, 7) is 2.43. The fourth-order valence-electron chi connectivity index (χ4n) is 2.27. The summed E-state index contributed by atoms with van der Waals surface area (Å²) in [4.78, 5) is 11.3. The number of carboxylic acid groups (broad SMARTS) is 1. The van der Waals surface area contributed by atoms with Gasteiger partial charge in [0.25, 0.3) is 0 Å². The fourth-order valence-corrected chi connectivity index (χ4v) is 2.27. The van der Waals surface area contributed by atoms with Crippen LogP contribution >= 0.6 is 0 Å². The molecule has 0 bridgehead atoms. The zero-order valence-electron chi connectivity index (χ0n) is 12.5. The lowest BCUT2D eigenvalue weighted by atomic mass is 9.94. The SMILES string of the molecule is Cc1ccc(OCCCC(C(=O)O)c2cccc(F)c2)cc1. The second-order valence-electron chi connectivity index (χ2n) is 5.25. The van der Waals surface area contributed by atoms with Gasteiger partial charge in [0, 0.05) is 0 Å². The number of aryl methyl sites for hydroxylation is 1. The average molecular weight is 302 g/mol. The van der Waals surface area contributed by atoms with Gasteiger partial charge in [0.1, 0.15) is 11.6 Å². The summed E-state index contributed by atoms with van der Waals surface area (Å²) in [6.07, 6.45) is 0.992. The van der Waals surface area contributed by atoms with Crippen molar-refractivity contribution >= 4 is 5.97 Å². The number of benzene rings is 2. The number of aliphatic carboxylic acids is 1. The molecular weight excluding hydrogens is 283 g/mol. The summed E-state index contributed by atoms with van der Waals surface area (Å²) in [5, 5.41) is 9.30. The van der Waals surface area contributed by atoms with Gasteiger partial charge in [0.15, 0.2) is 0 Å². The number of hydrogen-bond donors (Lipinski definition) is 1. The first-order valence-electron chi connectivity index (χ1n) is 7.24. The maximum Gasteiger partial charge on any atom is 0.310 e. The molecule has 3 nitrogen and oxygen atoms in total. The molecule has 0 aliphatic rings. The van der Waals surface area contributed by atoms with E-state index < -0.39 is 17.7 Å². The highest BCUT2D eigenvalue weighted by molar-refractivity contribution is 5.76. The molecule has 0 saturated carbocycles. The second-order valence-corrected chi connectivity index (χ2v) is 5.25. The Kier molecular flexibility index (Phi) is 5.53. The highest BCUT2D eigenvalue weighted by Gasteiger charge is 2.19. The molecular formula is C18H19FO3. The molecule has 0 aromatic heterocycles. The van der Waals surface area contributed by atoms with E-state index in [1.165, 1.54) is 18.2 Å². The van der Waals surface area contributed by atoms with Crippen molar-refractivity contribution in [1.29, 1.82) is 0 Å². The zero-order valence-corrected chi connectivity index (χ0v) is 12.5. The molecule has 0 spiro atoms. The molecule has 0 aliphatic heterocycles. The molecule has 22 heavy (non-hydrogen) atoms. The van der Waals surface area contributed by atoms with Gasteiger partial charge in [-0.3, -0.25) is 4.79 Å². The van der Waals surface area contributed by atoms with Gasteiger partial charge in [0.05, 0.1) is 12.5 Å². The smallest absolute Gasteiger partial charge is 0.310 e. The van der Waals surface area contributed by atoms with Gasteiger partial charge in [-0.2, -0.15) is 0 Å². The van der Waals surface area contributed by atoms with E-state index >= 15 is 0 Å². The molecule has 2 aromatic carbocycles. The summed E-state index contributed by atoms with van der Waals surface area (Å²) in [6, 6.07) is 13.5. The standard InChI is InChI=1S/C18H19FO3/c1-13-7-9-16(10-8-13)22-11-3-6-17(18(20)21)14-4-2-5-15(19)12-14/h2,4-5,7-10,12,17H,3,6,11H2,1H3,(H,20,21). The van der Waals surface area contributed by atoms with Crippen LogP contribution in [0.2, 0.25) is 0 Å². The van der Waals surface area contributed by atoms with E-state index in [-0.39, 0.29) is 0 Å². The van der Waals surface area contributed by atoms with E-state index in [0.29, 0.717) is 25.0 Å². The van der Waals surface area contributed by atoms with Crippen LogP contribution in [0.15, 0.2) is 48.5 Å². The molecule has 116 valence electrons. The Bertz CT molecular complexity index is 622. The summed E-state index contributed by atoms with van der Waals surface area (Å²) >= 11 is 0. The lowest BCUT2D eigenvalue weighted by molar-refractivity contribution is -0.139. The zero-order chi connectivity index (χ0) is 15.9. The van der Waals surface area contributed by atoms with Crippen molar-refractivity contribution in [2.45, 2.75) is 25.7 Å². The maximum atomic E-state index is 13.2. The van der Waals surface area contributed by atoms with Crippen LogP contribution in [0.25, 0.3) is 0 Å². The van der Waals surface area contributed by atoms with E-state index in [2.05, 4.69) is 0 Å². The quantitative estimate of drug-likeness (QED) is 0.781. The van der Waals surface area contributed by atoms with Crippen molar-refractivity contribution in [3.8, 4) is 5.75 Å². The third-order valence-corrected chi connectivity index (χ3v) is 3.48. The van der Waals surface area contributed by atoms with Crippen molar-refractivity contribution in [2.24, 2.45) is 0 Å². The number of halogens is 1. The van der Waals surface area contributed by atoms with E-state index in [9.17, 15) is 14.3 Å². The molecule has 0 amide bonds. The molecule has 0 heterocycles. The molecule has 0 fully saturated rings. The molecule has 1 atom stereocenters. The van der Waals surface area contributed by atoms with Gasteiger partial charge >= 0.3 is 5.97 Å². The predicted octanol–water partition coefficient (Wildman–Crippen LogP) is 4.16.